The summed E-state index contributed by atoms with van der Waals surface area (Å²) in [5, 5.41) is 6.11. The van der Waals surface area contributed by atoms with Gasteiger partial charge < -0.3 is 10.1 Å². The van der Waals surface area contributed by atoms with E-state index >= 15 is 0 Å². The smallest absolute Gasteiger partial charge is 0.137 e. The SMILES string of the molecule is COc1ccc(NC(C)c2cccs2)cc1Cl. The second-order valence-corrected chi connectivity index (χ2v) is 5.12. The van der Waals surface area contributed by atoms with Crippen LogP contribution in [0, 0.1) is 0 Å². The lowest BCUT2D eigenvalue weighted by Gasteiger charge is -2.14. The summed E-state index contributed by atoms with van der Waals surface area (Å²) in [5.41, 5.74) is 0.997. The molecule has 2 rings (SSSR count). The molecule has 1 aromatic carbocycles. The van der Waals surface area contributed by atoms with Crippen molar-refractivity contribution in [2.45, 2.75) is 13.0 Å². The van der Waals surface area contributed by atoms with Gasteiger partial charge in [0.2, 0.25) is 0 Å². The van der Waals surface area contributed by atoms with Gasteiger partial charge in [0, 0.05) is 10.6 Å². The van der Waals surface area contributed by atoms with Crippen molar-refractivity contribution in [3.63, 3.8) is 0 Å². The predicted octanol–water partition coefficient (Wildman–Crippen LogP) is 4.58. The molecule has 17 heavy (non-hydrogen) atoms. The Hall–Kier alpha value is -1.19. The van der Waals surface area contributed by atoms with Gasteiger partial charge in [-0.1, -0.05) is 17.7 Å². The number of halogens is 1. The Morgan fingerprint density at radius 3 is 2.76 bits per heavy atom. The summed E-state index contributed by atoms with van der Waals surface area (Å²) in [5.74, 6) is 0.695. The number of methoxy groups -OCH3 is 1. The van der Waals surface area contributed by atoms with Crippen molar-refractivity contribution in [1.82, 2.24) is 0 Å². The maximum absolute atomic E-state index is 6.08. The van der Waals surface area contributed by atoms with Crippen LogP contribution in [-0.2, 0) is 0 Å². The van der Waals surface area contributed by atoms with Crippen LogP contribution in [0.5, 0.6) is 5.75 Å². The molecule has 1 aromatic heterocycles. The first-order valence-electron chi connectivity index (χ1n) is 5.34. The molecule has 1 atom stereocenters. The van der Waals surface area contributed by atoms with Crippen LogP contribution < -0.4 is 10.1 Å². The van der Waals surface area contributed by atoms with Gasteiger partial charge in [-0.25, -0.2) is 0 Å². The molecular weight excluding hydrogens is 254 g/mol. The minimum atomic E-state index is 0.277. The molecule has 0 amide bonds. The second-order valence-electron chi connectivity index (χ2n) is 3.73. The molecule has 90 valence electrons. The minimum absolute atomic E-state index is 0.277. The summed E-state index contributed by atoms with van der Waals surface area (Å²) in [6.07, 6.45) is 0. The third-order valence-electron chi connectivity index (χ3n) is 2.50. The fourth-order valence-electron chi connectivity index (χ4n) is 1.61. The van der Waals surface area contributed by atoms with Gasteiger partial charge in [-0.3, -0.25) is 0 Å². The van der Waals surface area contributed by atoms with Gasteiger partial charge in [-0.15, -0.1) is 11.3 Å². The fraction of sp³-hybridized carbons (Fsp3) is 0.231. The van der Waals surface area contributed by atoms with Gasteiger partial charge in [0.25, 0.3) is 0 Å². The van der Waals surface area contributed by atoms with E-state index in [-0.39, 0.29) is 6.04 Å². The van der Waals surface area contributed by atoms with Crippen LogP contribution in [0.2, 0.25) is 5.02 Å². The zero-order valence-electron chi connectivity index (χ0n) is 9.74. The molecule has 0 saturated carbocycles. The summed E-state index contributed by atoms with van der Waals surface area (Å²) < 4.78 is 5.12. The van der Waals surface area contributed by atoms with E-state index in [1.807, 2.05) is 18.2 Å². The fourth-order valence-corrected chi connectivity index (χ4v) is 2.61. The van der Waals surface area contributed by atoms with Gasteiger partial charge in [0.15, 0.2) is 0 Å². The molecule has 1 N–H and O–H groups in total. The molecule has 0 bridgehead atoms. The summed E-state index contributed by atoms with van der Waals surface area (Å²) >= 11 is 7.82. The number of benzene rings is 1. The molecule has 0 fully saturated rings. The number of nitrogens with one attached hydrogen (secondary N) is 1. The van der Waals surface area contributed by atoms with Crippen molar-refractivity contribution >= 4 is 28.6 Å². The van der Waals surface area contributed by atoms with Crippen LogP contribution in [-0.4, -0.2) is 7.11 Å². The summed E-state index contributed by atoms with van der Waals surface area (Å²) in [6, 6.07) is 10.2. The molecular formula is C13H14ClNOS. The van der Waals surface area contributed by atoms with Crippen LogP contribution in [0.15, 0.2) is 35.7 Å². The van der Waals surface area contributed by atoms with Gasteiger partial charge in [-0.05, 0) is 36.6 Å². The first-order chi connectivity index (χ1) is 8.20. The van der Waals surface area contributed by atoms with E-state index < -0.39 is 0 Å². The van der Waals surface area contributed by atoms with Gasteiger partial charge in [0.05, 0.1) is 18.2 Å². The average molecular weight is 268 g/mol. The van der Waals surface area contributed by atoms with Gasteiger partial charge in [0.1, 0.15) is 5.75 Å². The first kappa shape index (κ1) is 12.3. The van der Waals surface area contributed by atoms with Crippen molar-refractivity contribution in [3.05, 3.63) is 45.6 Å². The maximum atomic E-state index is 6.08. The zero-order chi connectivity index (χ0) is 12.3. The molecule has 1 heterocycles. The lowest BCUT2D eigenvalue weighted by atomic mass is 10.2. The Balaban J connectivity index is 2.11. The standard InChI is InChI=1S/C13H14ClNOS/c1-9(13-4-3-7-17-13)15-10-5-6-12(16-2)11(14)8-10/h3-9,15H,1-2H3. The van der Waals surface area contributed by atoms with E-state index in [2.05, 4.69) is 29.8 Å². The molecule has 1 unspecified atom stereocenters. The van der Waals surface area contributed by atoms with E-state index in [9.17, 15) is 0 Å². The highest BCUT2D eigenvalue weighted by Gasteiger charge is 2.07. The van der Waals surface area contributed by atoms with Crippen LogP contribution in [0.1, 0.15) is 17.8 Å². The molecule has 0 saturated heterocycles. The Labute approximate surface area is 110 Å². The number of hydrogen-bond acceptors (Lipinski definition) is 3. The van der Waals surface area contributed by atoms with E-state index in [0.29, 0.717) is 10.8 Å². The number of ether oxygens (including phenoxy) is 1. The van der Waals surface area contributed by atoms with Crippen LogP contribution in [0.4, 0.5) is 5.69 Å². The van der Waals surface area contributed by atoms with Gasteiger partial charge in [-0.2, -0.15) is 0 Å². The normalized spacial score (nSPS) is 12.2. The number of rotatable bonds is 4. The summed E-state index contributed by atoms with van der Waals surface area (Å²) in [7, 11) is 1.61. The highest BCUT2D eigenvalue weighted by molar-refractivity contribution is 7.10. The molecule has 0 spiro atoms. The van der Waals surface area contributed by atoms with Crippen molar-refractivity contribution in [2.75, 3.05) is 12.4 Å². The molecule has 2 aromatic rings. The van der Waals surface area contributed by atoms with Crippen molar-refractivity contribution in [3.8, 4) is 5.75 Å². The van der Waals surface area contributed by atoms with Crippen LogP contribution >= 0.6 is 22.9 Å². The summed E-state index contributed by atoms with van der Waals surface area (Å²) in [6.45, 7) is 2.13. The molecule has 2 nitrogen and oxygen atoms in total. The van der Waals surface area contributed by atoms with Crippen molar-refractivity contribution < 1.29 is 4.74 Å². The predicted molar refractivity (Wildman–Crippen MR) is 74.4 cm³/mol. The molecule has 0 aliphatic carbocycles. The van der Waals surface area contributed by atoms with E-state index in [1.165, 1.54) is 4.88 Å². The Morgan fingerprint density at radius 2 is 2.18 bits per heavy atom. The molecule has 4 heteroatoms. The lowest BCUT2D eigenvalue weighted by Crippen LogP contribution is -2.04. The average Bonchev–Trinajstić information content (AvgIpc) is 2.82. The minimum Gasteiger partial charge on any atom is -0.495 e. The third-order valence-corrected chi connectivity index (χ3v) is 3.86. The van der Waals surface area contributed by atoms with Crippen molar-refractivity contribution in [1.29, 1.82) is 0 Å². The third kappa shape index (κ3) is 2.93. The largest absolute Gasteiger partial charge is 0.495 e. The van der Waals surface area contributed by atoms with E-state index in [4.69, 9.17) is 16.3 Å². The van der Waals surface area contributed by atoms with Gasteiger partial charge >= 0.3 is 0 Å². The van der Waals surface area contributed by atoms with Crippen molar-refractivity contribution in [2.24, 2.45) is 0 Å². The Bertz CT molecular complexity index is 484. The lowest BCUT2D eigenvalue weighted by molar-refractivity contribution is 0.415. The topological polar surface area (TPSA) is 21.3 Å². The highest BCUT2D eigenvalue weighted by atomic mass is 35.5. The monoisotopic (exact) mass is 267 g/mol. The quantitative estimate of drug-likeness (QED) is 0.875. The first-order valence-corrected chi connectivity index (χ1v) is 6.60. The maximum Gasteiger partial charge on any atom is 0.137 e. The molecule has 0 radical (unpaired) electrons. The highest BCUT2D eigenvalue weighted by Crippen LogP contribution is 2.29. The Kier molecular flexibility index (Phi) is 3.92. The Morgan fingerprint density at radius 1 is 1.35 bits per heavy atom. The van der Waals surface area contributed by atoms with E-state index in [0.717, 1.165) is 5.69 Å². The number of thiophene rings is 1. The zero-order valence-corrected chi connectivity index (χ0v) is 11.3. The molecule has 0 aliphatic heterocycles. The van der Waals surface area contributed by atoms with Crippen LogP contribution in [0.3, 0.4) is 0 Å². The van der Waals surface area contributed by atoms with Crippen LogP contribution in [0.25, 0.3) is 0 Å². The second kappa shape index (κ2) is 5.43. The molecule has 0 aliphatic rings. The number of anilines is 1. The summed E-state index contributed by atoms with van der Waals surface area (Å²) in [4.78, 5) is 1.30. The van der Waals surface area contributed by atoms with E-state index in [1.54, 1.807) is 18.4 Å². The number of hydrogen-bond donors (Lipinski definition) is 1.